The van der Waals surface area contributed by atoms with Crippen molar-refractivity contribution in [1.82, 2.24) is 0 Å². The smallest absolute Gasteiger partial charge is 0.265 e. The summed E-state index contributed by atoms with van der Waals surface area (Å²) in [7, 11) is 0. The predicted octanol–water partition coefficient (Wildman–Crippen LogP) is 4.11. The number of carbonyl (C=O) groups is 2. The summed E-state index contributed by atoms with van der Waals surface area (Å²) in [5.74, 6) is -0.673. The van der Waals surface area contributed by atoms with Crippen molar-refractivity contribution in [2.45, 2.75) is 13.8 Å². The zero-order valence-corrected chi connectivity index (χ0v) is 15.1. The van der Waals surface area contributed by atoms with Crippen molar-refractivity contribution in [3.05, 3.63) is 52.8 Å². The molecule has 1 aliphatic rings. The number of hydrogen-bond donors (Lipinski definition) is 1. The first-order valence-electron chi connectivity index (χ1n) is 8.19. The molecule has 5 nitrogen and oxygen atoms in total. The largest absolute Gasteiger partial charge is 0.481 e. The van der Waals surface area contributed by atoms with Gasteiger partial charge in [0.25, 0.3) is 11.8 Å². The number of ether oxygens (including phenoxy) is 1. The topological polar surface area (TPSA) is 58.6 Å². The Morgan fingerprint density at radius 2 is 2.12 bits per heavy atom. The van der Waals surface area contributed by atoms with E-state index in [-0.39, 0.29) is 23.1 Å². The number of amides is 2. The lowest BCUT2D eigenvalue weighted by molar-refractivity contribution is -0.121. The van der Waals surface area contributed by atoms with Crippen molar-refractivity contribution >= 4 is 34.8 Å². The van der Waals surface area contributed by atoms with E-state index in [1.807, 2.05) is 13.8 Å². The number of nitrogens with one attached hydrogen (secondary N) is 1. The third-order valence-corrected chi connectivity index (χ3v) is 4.21. The predicted molar refractivity (Wildman–Crippen MR) is 98.5 cm³/mol. The molecule has 0 saturated carbocycles. The molecule has 2 aromatic rings. The summed E-state index contributed by atoms with van der Waals surface area (Å²) in [6.07, 6.45) is 0. The van der Waals surface area contributed by atoms with Crippen molar-refractivity contribution < 1.29 is 18.7 Å². The fourth-order valence-corrected chi connectivity index (χ4v) is 3.00. The third-order valence-electron chi connectivity index (χ3n) is 3.90. The molecule has 7 heteroatoms. The molecule has 0 radical (unpaired) electrons. The Morgan fingerprint density at radius 1 is 1.35 bits per heavy atom. The Morgan fingerprint density at radius 3 is 2.81 bits per heavy atom. The van der Waals surface area contributed by atoms with Gasteiger partial charge in [-0.2, -0.15) is 0 Å². The van der Waals surface area contributed by atoms with Crippen molar-refractivity contribution in [2.75, 3.05) is 23.4 Å². The number of rotatable bonds is 4. The maximum Gasteiger partial charge on any atom is 0.265 e. The SMILES string of the molecule is CC(C)CN1C(=O)COc2cc(NC(=O)c3c(F)cccc3Cl)ccc21. The Bertz CT molecular complexity index is 850. The summed E-state index contributed by atoms with van der Waals surface area (Å²) < 4.78 is 19.4. The summed E-state index contributed by atoms with van der Waals surface area (Å²) >= 11 is 5.92. The van der Waals surface area contributed by atoms with E-state index in [9.17, 15) is 14.0 Å². The van der Waals surface area contributed by atoms with Crippen LogP contribution in [0.1, 0.15) is 24.2 Å². The number of anilines is 2. The lowest BCUT2D eigenvalue weighted by Gasteiger charge is -2.31. The van der Waals surface area contributed by atoms with Gasteiger partial charge in [-0.15, -0.1) is 0 Å². The molecule has 0 bridgehead atoms. The van der Waals surface area contributed by atoms with E-state index >= 15 is 0 Å². The second-order valence-electron chi connectivity index (χ2n) is 6.42. The van der Waals surface area contributed by atoms with Crippen molar-refractivity contribution in [2.24, 2.45) is 5.92 Å². The molecule has 0 atom stereocenters. The molecular weight excluding hydrogens is 359 g/mol. The number of fused-ring (bicyclic) bond motifs is 1. The lowest BCUT2D eigenvalue weighted by Crippen LogP contribution is -2.40. The maximum absolute atomic E-state index is 13.9. The molecule has 0 unspecified atom stereocenters. The van der Waals surface area contributed by atoms with Crippen LogP contribution in [-0.4, -0.2) is 25.0 Å². The molecule has 136 valence electrons. The van der Waals surface area contributed by atoms with E-state index in [0.29, 0.717) is 29.6 Å². The first-order valence-corrected chi connectivity index (χ1v) is 8.57. The van der Waals surface area contributed by atoms with Gasteiger partial charge in [-0.1, -0.05) is 31.5 Å². The molecule has 1 aliphatic heterocycles. The van der Waals surface area contributed by atoms with E-state index in [4.69, 9.17) is 16.3 Å². The molecule has 0 saturated heterocycles. The van der Waals surface area contributed by atoms with Crippen molar-refractivity contribution in [1.29, 1.82) is 0 Å². The highest BCUT2D eigenvalue weighted by molar-refractivity contribution is 6.34. The summed E-state index contributed by atoms with van der Waals surface area (Å²) in [5, 5.41) is 2.64. The molecule has 0 spiro atoms. The van der Waals surface area contributed by atoms with Gasteiger partial charge in [-0.05, 0) is 30.2 Å². The van der Waals surface area contributed by atoms with Crippen LogP contribution in [0.4, 0.5) is 15.8 Å². The van der Waals surface area contributed by atoms with Gasteiger partial charge in [0.2, 0.25) is 0 Å². The minimum atomic E-state index is -0.696. The van der Waals surface area contributed by atoms with Gasteiger partial charge in [0.1, 0.15) is 11.6 Å². The van der Waals surface area contributed by atoms with Crippen LogP contribution in [0, 0.1) is 11.7 Å². The molecule has 1 N–H and O–H groups in total. The van der Waals surface area contributed by atoms with E-state index in [1.54, 1.807) is 23.1 Å². The zero-order chi connectivity index (χ0) is 18.8. The van der Waals surface area contributed by atoms with Crippen LogP contribution in [0.3, 0.4) is 0 Å². The van der Waals surface area contributed by atoms with Gasteiger partial charge in [-0.3, -0.25) is 9.59 Å². The molecule has 2 amide bonds. The average Bonchev–Trinajstić information content (AvgIpc) is 2.57. The summed E-state index contributed by atoms with van der Waals surface area (Å²) in [6, 6.07) is 9.01. The fraction of sp³-hybridized carbons (Fsp3) is 0.263. The molecular formula is C19H18ClFN2O3. The van der Waals surface area contributed by atoms with Gasteiger partial charge >= 0.3 is 0 Å². The van der Waals surface area contributed by atoms with Crippen LogP contribution >= 0.6 is 11.6 Å². The second-order valence-corrected chi connectivity index (χ2v) is 6.83. The highest BCUT2D eigenvalue weighted by Crippen LogP contribution is 2.35. The number of nitrogens with zero attached hydrogens (tertiary/aromatic N) is 1. The molecule has 0 aromatic heterocycles. The molecule has 26 heavy (non-hydrogen) atoms. The highest BCUT2D eigenvalue weighted by Gasteiger charge is 2.26. The van der Waals surface area contributed by atoms with Gasteiger partial charge in [0, 0.05) is 18.3 Å². The van der Waals surface area contributed by atoms with Crippen molar-refractivity contribution in [3.8, 4) is 5.75 Å². The minimum absolute atomic E-state index is 0.0328. The van der Waals surface area contributed by atoms with Gasteiger partial charge in [-0.25, -0.2) is 4.39 Å². The van der Waals surface area contributed by atoms with Crippen LogP contribution in [0.25, 0.3) is 0 Å². The number of benzene rings is 2. The van der Waals surface area contributed by atoms with Gasteiger partial charge in [0.05, 0.1) is 16.3 Å². The lowest BCUT2D eigenvalue weighted by atomic mass is 10.1. The van der Waals surface area contributed by atoms with Crippen LogP contribution in [0.5, 0.6) is 5.75 Å². The third kappa shape index (κ3) is 3.65. The number of carbonyl (C=O) groups excluding carboxylic acids is 2. The Hall–Kier alpha value is -2.60. The normalized spacial score (nSPS) is 13.4. The standard InChI is InChI=1S/C19H18ClFN2O3/c1-11(2)9-23-15-7-6-12(8-16(15)26-10-17(23)24)22-19(25)18-13(20)4-3-5-14(18)21/h3-8,11H,9-10H2,1-2H3,(H,22,25). The molecule has 1 heterocycles. The van der Waals surface area contributed by atoms with Crippen LogP contribution in [0.2, 0.25) is 5.02 Å². The Balaban J connectivity index is 1.85. The zero-order valence-electron chi connectivity index (χ0n) is 14.4. The monoisotopic (exact) mass is 376 g/mol. The van der Waals surface area contributed by atoms with E-state index in [0.717, 1.165) is 0 Å². The Kier molecular flexibility index (Phi) is 5.13. The van der Waals surface area contributed by atoms with E-state index < -0.39 is 11.7 Å². The van der Waals surface area contributed by atoms with Crippen LogP contribution < -0.4 is 15.0 Å². The molecule has 0 aliphatic carbocycles. The molecule has 0 fully saturated rings. The molecule has 3 rings (SSSR count). The maximum atomic E-state index is 13.9. The average molecular weight is 377 g/mol. The quantitative estimate of drug-likeness (QED) is 0.873. The number of hydrogen-bond acceptors (Lipinski definition) is 3. The summed E-state index contributed by atoms with van der Waals surface area (Å²) in [4.78, 5) is 26.1. The number of halogens is 2. The first-order chi connectivity index (χ1) is 12.4. The fourth-order valence-electron chi connectivity index (χ4n) is 2.76. The summed E-state index contributed by atoms with van der Waals surface area (Å²) in [6.45, 7) is 4.56. The first kappa shape index (κ1) is 18.2. The minimum Gasteiger partial charge on any atom is -0.481 e. The van der Waals surface area contributed by atoms with E-state index in [1.165, 1.54) is 18.2 Å². The van der Waals surface area contributed by atoms with Gasteiger partial charge in [0.15, 0.2) is 6.61 Å². The highest BCUT2D eigenvalue weighted by atomic mass is 35.5. The van der Waals surface area contributed by atoms with E-state index in [2.05, 4.69) is 5.32 Å². The van der Waals surface area contributed by atoms with Crippen LogP contribution in [0.15, 0.2) is 36.4 Å². The Labute approximate surface area is 155 Å². The van der Waals surface area contributed by atoms with Crippen molar-refractivity contribution in [3.63, 3.8) is 0 Å². The van der Waals surface area contributed by atoms with Gasteiger partial charge < -0.3 is 15.0 Å². The summed E-state index contributed by atoms with van der Waals surface area (Å²) in [5.41, 5.74) is 0.855. The van der Waals surface area contributed by atoms with Crippen LogP contribution in [-0.2, 0) is 4.79 Å². The second kappa shape index (κ2) is 7.33. The molecule has 2 aromatic carbocycles.